The van der Waals surface area contributed by atoms with Gasteiger partial charge in [0.1, 0.15) is 36.5 Å². The van der Waals surface area contributed by atoms with Crippen LogP contribution in [-0.4, -0.2) is 156 Å². The van der Waals surface area contributed by atoms with Crippen LogP contribution in [0.25, 0.3) is 0 Å². The van der Waals surface area contributed by atoms with E-state index in [0.29, 0.717) is 19.1 Å². The minimum atomic E-state index is -1.62. The molecule has 0 aliphatic carbocycles. The minimum absolute atomic E-state index is 0.187. The van der Waals surface area contributed by atoms with Crippen LogP contribution in [0.4, 0.5) is 0 Å². The molecule has 0 spiro atoms. The van der Waals surface area contributed by atoms with Gasteiger partial charge in [-0.15, -0.1) is 0 Å². The van der Waals surface area contributed by atoms with Crippen molar-refractivity contribution in [3.05, 3.63) is 35.9 Å². The van der Waals surface area contributed by atoms with Crippen LogP contribution in [0.5, 0.6) is 0 Å². The summed E-state index contributed by atoms with van der Waals surface area (Å²) in [7, 11) is 0. The number of carbonyl (C=O) groups is 8. The fourth-order valence-electron chi connectivity index (χ4n) is 5.13. The van der Waals surface area contributed by atoms with E-state index in [1.807, 2.05) is 6.07 Å². The summed E-state index contributed by atoms with van der Waals surface area (Å²) in [4.78, 5) is 98.2. The molecule has 23 nitrogen and oxygen atoms in total. The number of rotatable bonds is 31. The summed E-state index contributed by atoms with van der Waals surface area (Å²) in [6.45, 7) is -0.594. The molecule has 7 amide bonds. The minimum Gasteiger partial charge on any atom is -0.394 e. The highest BCUT2D eigenvalue weighted by atomic mass is 16.3. The van der Waals surface area contributed by atoms with Gasteiger partial charge in [0.15, 0.2) is 0 Å². The number of hydrogen-bond acceptors (Lipinski definition) is 16. The van der Waals surface area contributed by atoms with Gasteiger partial charge in [-0.3, -0.25) is 39.0 Å². The summed E-state index contributed by atoms with van der Waals surface area (Å²) in [5.41, 5.74) is 22.2. The molecule has 0 aromatic heterocycles. The molecule has 326 valence electrons. The van der Waals surface area contributed by atoms with Crippen LogP contribution in [0.2, 0.25) is 0 Å². The second-order valence-electron chi connectivity index (χ2n) is 13.3. The van der Waals surface area contributed by atoms with E-state index in [2.05, 4.69) is 42.8 Å². The smallest absolute Gasteiger partial charge is 0.245 e. The lowest BCUT2D eigenvalue weighted by Gasteiger charge is -2.27. The van der Waals surface area contributed by atoms with Gasteiger partial charge in [0.05, 0.1) is 32.0 Å². The van der Waals surface area contributed by atoms with Crippen molar-refractivity contribution in [2.45, 2.75) is 93.8 Å². The SMILES string of the molecule is CC(O)C(NCC(CC(N)=O)NN[C@H](C=O)CO)C(=O)N[C@@H](CO)C(=O)NC(CCC(=O)NCCCCNC(=O)C(Cc1ccccc1)NC(=O)C(N)CO)C(N)=O. The predicted molar refractivity (Wildman–Crippen MR) is 206 cm³/mol. The zero-order valence-corrected chi connectivity index (χ0v) is 32.4. The normalized spacial score (nSPS) is 15.2. The third-order valence-corrected chi connectivity index (χ3v) is 8.44. The summed E-state index contributed by atoms with van der Waals surface area (Å²) in [6, 6.07) is 0.608. The Morgan fingerprint density at radius 1 is 0.759 bits per heavy atom. The molecule has 1 aromatic rings. The van der Waals surface area contributed by atoms with Gasteiger partial charge in [-0.25, -0.2) is 5.43 Å². The predicted octanol–water partition coefficient (Wildman–Crippen LogP) is -7.49. The lowest BCUT2D eigenvalue weighted by Crippen LogP contribution is -2.60. The standard InChI is InChI=1S/C35H59N11O12/c1-20(51)30(41-15-22(14-28(37)52)45-46-23(16-47)17-48)35(58)44-27(19-50)34(57)42-25(31(38)54)9-10-29(53)39-11-5-6-12-40-33(56)26(43-32(55)24(36)18-49)13-21-7-3-2-4-8-21/h2-4,7-8,16,20,22-27,30,41,45-46,48-51H,5-6,9-15,17-19,36H2,1H3,(H2,37,52)(H2,38,54)(H,39,53)(H,40,56)(H,42,57)(H,43,55)(H,44,58)/t20?,22?,23-,24?,25?,26?,27+,30?/m1/s1. The molecule has 1 rings (SSSR count). The zero-order chi connectivity index (χ0) is 43.6. The lowest BCUT2D eigenvalue weighted by atomic mass is 10.0. The maximum Gasteiger partial charge on any atom is 0.245 e. The number of amides is 7. The highest BCUT2D eigenvalue weighted by Crippen LogP contribution is 2.05. The summed E-state index contributed by atoms with van der Waals surface area (Å²) in [5, 5.41) is 53.6. The summed E-state index contributed by atoms with van der Waals surface area (Å²) >= 11 is 0. The molecule has 0 heterocycles. The van der Waals surface area contributed by atoms with Gasteiger partial charge in [-0.2, -0.15) is 0 Å². The molecule has 0 aliphatic heterocycles. The van der Waals surface area contributed by atoms with Gasteiger partial charge in [-0.05, 0) is 31.7 Å². The number of aliphatic hydroxyl groups is 4. The van der Waals surface area contributed by atoms with Gasteiger partial charge in [-0.1, -0.05) is 30.3 Å². The van der Waals surface area contributed by atoms with E-state index in [1.165, 1.54) is 6.92 Å². The van der Waals surface area contributed by atoms with Crippen molar-refractivity contribution in [2.24, 2.45) is 17.2 Å². The van der Waals surface area contributed by atoms with E-state index in [9.17, 15) is 53.7 Å². The number of nitrogens with one attached hydrogen (secondary N) is 8. The molecule has 0 radical (unpaired) electrons. The Balaban J connectivity index is 2.62. The van der Waals surface area contributed by atoms with E-state index >= 15 is 0 Å². The van der Waals surface area contributed by atoms with Gasteiger partial charge >= 0.3 is 0 Å². The number of benzene rings is 1. The first-order chi connectivity index (χ1) is 27.6. The molecule has 58 heavy (non-hydrogen) atoms. The number of carbonyl (C=O) groups excluding carboxylic acids is 8. The maximum absolute atomic E-state index is 13.0. The van der Waals surface area contributed by atoms with Gasteiger partial charge in [0.25, 0.3) is 0 Å². The first kappa shape index (κ1) is 50.9. The Hall–Kier alpha value is -5.14. The van der Waals surface area contributed by atoms with E-state index in [-0.39, 0.29) is 45.3 Å². The first-order valence-corrected chi connectivity index (χ1v) is 18.6. The third kappa shape index (κ3) is 20.3. The molecular weight excluding hydrogens is 766 g/mol. The maximum atomic E-state index is 13.0. The molecular formula is C35H59N11O12. The highest BCUT2D eigenvalue weighted by molar-refractivity contribution is 5.93. The average Bonchev–Trinajstić information content (AvgIpc) is 3.19. The Morgan fingerprint density at radius 2 is 1.38 bits per heavy atom. The van der Waals surface area contributed by atoms with Crippen LogP contribution < -0.4 is 60.0 Å². The van der Waals surface area contributed by atoms with E-state index in [1.54, 1.807) is 24.3 Å². The number of nitrogens with two attached hydrogens (primary N) is 3. The number of aldehydes is 1. The average molecular weight is 826 g/mol. The number of hydrogen-bond donors (Lipinski definition) is 15. The van der Waals surface area contributed by atoms with Crippen molar-refractivity contribution in [1.82, 2.24) is 42.8 Å². The molecule has 0 aliphatic rings. The van der Waals surface area contributed by atoms with Crippen molar-refractivity contribution in [2.75, 3.05) is 39.5 Å². The largest absolute Gasteiger partial charge is 0.394 e. The van der Waals surface area contributed by atoms with Crippen LogP contribution >= 0.6 is 0 Å². The van der Waals surface area contributed by atoms with Crippen LogP contribution in [-0.2, 0) is 44.8 Å². The second-order valence-corrected chi connectivity index (χ2v) is 13.3. The van der Waals surface area contributed by atoms with E-state index < -0.39 is 110 Å². The molecule has 0 fully saturated rings. The summed E-state index contributed by atoms with van der Waals surface area (Å²) in [5.74, 6) is -5.34. The van der Waals surface area contributed by atoms with Gasteiger partial charge in [0, 0.05) is 44.9 Å². The number of unbranched alkanes of at least 4 members (excludes halogenated alkanes) is 1. The number of aliphatic hydroxyl groups excluding tert-OH is 4. The van der Waals surface area contributed by atoms with Crippen molar-refractivity contribution >= 4 is 47.6 Å². The summed E-state index contributed by atoms with van der Waals surface area (Å²) in [6.07, 6.45) is -0.642. The quantitative estimate of drug-likeness (QED) is 0.0188. The molecule has 23 heteroatoms. The second kappa shape index (κ2) is 28.3. The zero-order valence-electron chi connectivity index (χ0n) is 32.4. The molecule has 0 saturated heterocycles. The van der Waals surface area contributed by atoms with Gasteiger partial charge < -0.3 is 74.3 Å². The van der Waals surface area contributed by atoms with Crippen molar-refractivity contribution in [3.63, 3.8) is 0 Å². The molecule has 18 N–H and O–H groups in total. The highest BCUT2D eigenvalue weighted by Gasteiger charge is 2.31. The topological polar surface area (TPSA) is 392 Å². The van der Waals surface area contributed by atoms with Crippen LogP contribution in [0.3, 0.4) is 0 Å². The summed E-state index contributed by atoms with van der Waals surface area (Å²) < 4.78 is 0. The van der Waals surface area contributed by atoms with Gasteiger partial charge in [0.2, 0.25) is 41.4 Å². The molecule has 0 saturated carbocycles. The van der Waals surface area contributed by atoms with E-state index in [0.717, 1.165) is 5.56 Å². The van der Waals surface area contributed by atoms with Crippen molar-refractivity contribution < 1.29 is 58.8 Å². The van der Waals surface area contributed by atoms with Crippen LogP contribution in [0.15, 0.2) is 30.3 Å². The fraction of sp³-hybridized carbons (Fsp3) is 0.600. The first-order valence-electron chi connectivity index (χ1n) is 18.6. The number of hydrazine groups is 1. The third-order valence-electron chi connectivity index (χ3n) is 8.44. The van der Waals surface area contributed by atoms with E-state index in [4.69, 9.17) is 22.3 Å². The molecule has 0 bridgehead atoms. The van der Waals surface area contributed by atoms with Crippen LogP contribution in [0.1, 0.15) is 44.6 Å². The van der Waals surface area contributed by atoms with Crippen molar-refractivity contribution in [1.29, 1.82) is 0 Å². The molecule has 6 unspecified atom stereocenters. The molecule has 8 atom stereocenters. The Kier molecular flexibility index (Phi) is 24.8. The lowest BCUT2D eigenvalue weighted by molar-refractivity contribution is -0.134. The number of primary amides is 2. The van der Waals surface area contributed by atoms with Crippen LogP contribution in [0, 0.1) is 0 Å². The Labute approximate surface area is 335 Å². The monoisotopic (exact) mass is 825 g/mol. The fourth-order valence-corrected chi connectivity index (χ4v) is 5.13. The Morgan fingerprint density at radius 3 is 1.93 bits per heavy atom. The Bertz CT molecular complexity index is 1470. The molecule has 1 aromatic carbocycles. The van der Waals surface area contributed by atoms with Crippen molar-refractivity contribution in [3.8, 4) is 0 Å².